The Morgan fingerprint density at radius 2 is 1.89 bits per heavy atom. The number of rotatable bonds is 8. The summed E-state index contributed by atoms with van der Waals surface area (Å²) < 4.78 is 28.2. The van der Waals surface area contributed by atoms with E-state index in [0.29, 0.717) is 34.6 Å². The van der Waals surface area contributed by atoms with E-state index in [2.05, 4.69) is 0 Å². The van der Waals surface area contributed by atoms with Gasteiger partial charge in [0, 0.05) is 46.9 Å². The molecule has 0 saturated carbocycles. The lowest BCUT2D eigenvalue weighted by molar-refractivity contribution is -0.116. The summed E-state index contributed by atoms with van der Waals surface area (Å²) >= 11 is 2.03. The Hall–Kier alpha value is -3.11. The highest BCUT2D eigenvalue weighted by Crippen LogP contribution is 2.33. The van der Waals surface area contributed by atoms with Crippen LogP contribution in [0.1, 0.15) is 34.9 Å². The van der Waals surface area contributed by atoms with Crippen molar-refractivity contribution in [3.05, 3.63) is 101 Å². The molecule has 192 valence electrons. The van der Waals surface area contributed by atoms with Gasteiger partial charge in [-0.15, -0.1) is 0 Å². The fourth-order valence-electron chi connectivity index (χ4n) is 4.65. The van der Waals surface area contributed by atoms with Crippen molar-refractivity contribution < 1.29 is 18.3 Å². The quantitative estimate of drug-likeness (QED) is 0.250. The lowest BCUT2D eigenvalue weighted by Crippen LogP contribution is -2.27. The number of fused-ring (bicyclic) bond motifs is 1. The Morgan fingerprint density at radius 3 is 2.57 bits per heavy atom. The van der Waals surface area contributed by atoms with Crippen molar-refractivity contribution in [2.45, 2.75) is 40.2 Å². The van der Waals surface area contributed by atoms with Crippen LogP contribution in [-0.4, -0.2) is 24.1 Å². The molecule has 0 radical (unpaired) electrons. The number of ketones is 1. The number of halogens is 2. The second-order valence-corrected chi connectivity index (χ2v) is 10.3. The van der Waals surface area contributed by atoms with Crippen molar-refractivity contribution in [2.75, 3.05) is 13.7 Å². The molecule has 0 aliphatic heterocycles. The zero-order valence-corrected chi connectivity index (χ0v) is 23.3. The summed E-state index contributed by atoms with van der Waals surface area (Å²) in [6, 6.07) is 12.3. The standard InChI is InChI=1S/C29H27FINO5/c1-16(33)12-19-6-5-7-21(13-19)25-18(3)32(10-11-36-4)28(34)26-23(17(2)29(35)37-27(25)26)14-20-8-9-22(31)15-24(20)30/h5-9,13,15H,10-12,14H2,1-4H3. The molecule has 2 aromatic heterocycles. The summed E-state index contributed by atoms with van der Waals surface area (Å²) in [6.07, 6.45) is 0.317. The third kappa shape index (κ3) is 5.45. The zero-order valence-electron chi connectivity index (χ0n) is 21.1. The average molecular weight is 615 g/mol. The van der Waals surface area contributed by atoms with Gasteiger partial charge in [-0.2, -0.15) is 0 Å². The fraction of sp³-hybridized carbons (Fsp3) is 0.276. The second kappa shape index (κ2) is 11.1. The second-order valence-electron chi connectivity index (χ2n) is 9.10. The Morgan fingerprint density at radius 1 is 1.14 bits per heavy atom. The van der Waals surface area contributed by atoms with Gasteiger partial charge in [0.15, 0.2) is 5.58 Å². The Bertz CT molecular complexity index is 1640. The van der Waals surface area contributed by atoms with E-state index in [1.165, 1.54) is 13.0 Å². The molecule has 0 aliphatic carbocycles. The molecular formula is C29H27FINO5. The van der Waals surface area contributed by atoms with Crippen LogP contribution in [0.2, 0.25) is 0 Å². The van der Waals surface area contributed by atoms with Gasteiger partial charge in [-0.3, -0.25) is 9.59 Å². The summed E-state index contributed by atoms with van der Waals surface area (Å²) in [6.45, 7) is 5.49. The molecule has 0 spiro atoms. The van der Waals surface area contributed by atoms with Crippen LogP contribution in [0.15, 0.2) is 56.5 Å². The first-order valence-electron chi connectivity index (χ1n) is 11.8. The maximum absolute atomic E-state index is 14.8. The molecule has 0 N–H and O–H groups in total. The molecule has 0 unspecified atom stereocenters. The van der Waals surface area contributed by atoms with Crippen molar-refractivity contribution in [3.8, 4) is 11.1 Å². The molecule has 0 saturated heterocycles. The van der Waals surface area contributed by atoms with Crippen molar-refractivity contribution in [3.63, 3.8) is 0 Å². The SMILES string of the molecule is COCCn1c(C)c(-c2cccc(CC(C)=O)c2)c2oc(=O)c(C)c(Cc3ccc(I)cc3F)c2c1=O. The summed E-state index contributed by atoms with van der Waals surface area (Å²) in [5.74, 6) is -0.385. The van der Waals surface area contributed by atoms with Crippen molar-refractivity contribution in [2.24, 2.45) is 0 Å². The minimum Gasteiger partial charge on any atom is -0.422 e. The Balaban J connectivity index is 2.09. The number of nitrogens with zero attached hydrogens (tertiary/aromatic N) is 1. The average Bonchev–Trinajstić information content (AvgIpc) is 2.83. The number of hydrogen-bond donors (Lipinski definition) is 0. The number of carbonyl (C=O) groups is 1. The van der Waals surface area contributed by atoms with E-state index in [9.17, 15) is 18.8 Å². The number of ether oxygens (including phenoxy) is 1. The highest BCUT2D eigenvalue weighted by molar-refractivity contribution is 14.1. The number of Topliss-reactive ketones (excluding diaryl/α,β-unsaturated/α-hetero) is 1. The van der Waals surface area contributed by atoms with E-state index in [0.717, 1.165) is 9.13 Å². The molecule has 0 fully saturated rings. The van der Waals surface area contributed by atoms with Gasteiger partial charge in [-0.05, 0) is 77.7 Å². The first-order chi connectivity index (χ1) is 17.6. The van der Waals surface area contributed by atoms with E-state index in [4.69, 9.17) is 9.15 Å². The van der Waals surface area contributed by atoms with E-state index in [1.807, 2.05) is 46.9 Å². The summed E-state index contributed by atoms with van der Waals surface area (Å²) in [5, 5.41) is 0.240. The monoisotopic (exact) mass is 615 g/mol. The zero-order chi connectivity index (χ0) is 26.9. The molecule has 2 aromatic carbocycles. The number of carbonyl (C=O) groups excluding carboxylic acids is 1. The van der Waals surface area contributed by atoms with Gasteiger partial charge in [0.25, 0.3) is 5.56 Å². The summed E-state index contributed by atoms with van der Waals surface area (Å²) in [7, 11) is 1.56. The number of pyridine rings is 1. The van der Waals surface area contributed by atoms with Gasteiger partial charge in [-0.25, -0.2) is 9.18 Å². The molecule has 2 heterocycles. The summed E-state index contributed by atoms with van der Waals surface area (Å²) in [5.41, 5.74) is 3.03. The van der Waals surface area contributed by atoms with Crippen LogP contribution in [0.25, 0.3) is 22.1 Å². The fourth-order valence-corrected chi connectivity index (χ4v) is 5.10. The maximum Gasteiger partial charge on any atom is 0.339 e. The van der Waals surface area contributed by atoms with Crippen LogP contribution < -0.4 is 11.2 Å². The first kappa shape index (κ1) is 26.9. The molecule has 0 bridgehead atoms. The van der Waals surface area contributed by atoms with Crippen LogP contribution in [-0.2, 0) is 28.9 Å². The van der Waals surface area contributed by atoms with Gasteiger partial charge in [0.1, 0.15) is 11.6 Å². The van der Waals surface area contributed by atoms with Crippen LogP contribution in [0.4, 0.5) is 4.39 Å². The topological polar surface area (TPSA) is 78.5 Å². The van der Waals surface area contributed by atoms with E-state index in [-0.39, 0.29) is 47.3 Å². The van der Waals surface area contributed by atoms with E-state index < -0.39 is 11.4 Å². The van der Waals surface area contributed by atoms with Gasteiger partial charge >= 0.3 is 5.63 Å². The van der Waals surface area contributed by atoms with Crippen molar-refractivity contribution in [1.82, 2.24) is 4.57 Å². The van der Waals surface area contributed by atoms with Gasteiger partial charge in [0.05, 0.1) is 12.0 Å². The largest absolute Gasteiger partial charge is 0.422 e. The molecule has 0 amide bonds. The van der Waals surface area contributed by atoms with Crippen molar-refractivity contribution >= 4 is 39.3 Å². The predicted octanol–water partition coefficient (Wildman–Crippen LogP) is 5.35. The maximum atomic E-state index is 14.8. The molecular weight excluding hydrogens is 588 g/mol. The highest BCUT2D eigenvalue weighted by atomic mass is 127. The van der Waals surface area contributed by atoms with Crippen LogP contribution in [0, 0.1) is 23.2 Å². The number of benzene rings is 2. The van der Waals surface area contributed by atoms with Crippen LogP contribution >= 0.6 is 22.6 Å². The molecule has 0 aliphatic rings. The number of aromatic nitrogens is 1. The third-order valence-corrected chi connectivity index (χ3v) is 7.18. The summed E-state index contributed by atoms with van der Waals surface area (Å²) in [4.78, 5) is 38.6. The Labute approximate surface area is 227 Å². The molecule has 4 rings (SSSR count). The van der Waals surface area contributed by atoms with Crippen LogP contribution in [0.3, 0.4) is 0 Å². The smallest absolute Gasteiger partial charge is 0.339 e. The minimum atomic E-state index is -0.581. The molecule has 0 atom stereocenters. The molecule has 37 heavy (non-hydrogen) atoms. The Kier molecular flexibility index (Phi) is 8.08. The van der Waals surface area contributed by atoms with Gasteiger partial charge < -0.3 is 13.7 Å². The van der Waals surface area contributed by atoms with Gasteiger partial charge in [0.2, 0.25) is 0 Å². The minimum absolute atomic E-state index is 0.0211. The van der Waals surface area contributed by atoms with Crippen molar-refractivity contribution in [1.29, 1.82) is 0 Å². The lowest BCUT2D eigenvalue weighted by atomic mass is 9.93. The first-order valence-corrected chi connectivity index (χ1v) is 12.9. The number of hydrogen-bond acceptors (Lipinski definition) is 5. The highest BCUT2D eigenvalue weighted by Gasteiger charge is 2.24. The normalized spacial score (nSPS) is 11.3. The van der Waals surface area contributed by atoms with Gasteiger partial charge in [-0.1, -0.05) is 30.3 Å². The predicted molar refractivity (Wildman–Crippen MR) is 150 cm³/mol. The molecule has 8 heteroatoms. The molecule has 6 nitrogen and oxygen atoms in total. The lowest BCUT2D eigenvalue weighted by Gasteiger charge is -2.19. The van der Waals surface area contributed by atoms with E-state index >= 15 is 0 Å². The molecule has 4 aromatic rings. The van der Waals surface area contributed by atoms with E-state index in [1.54, 1.807) is 37.7 Å². The third-order valence-electron chi connectivity index (χ3n) is 6.51. The van der Waals surface area contributed by atoms with Crippen LogP contribution in [0.5, 0.6) is 0 Å². The number of methoxy groups -OCH3 is 1.